The average Bonchev–Trinajstić information content (AvgIpc) is 3.12. The molecular formula is C48H38N4. The molecule has 0 heterocycles. The summed E-state index contributed by atoms with van der Waals surface area (Å²) in [4.78, 5) is 4.68. The third-order valence-electron chi connectivity index (χ3n) is 10.2. The number of benzene rings is 8. The zero-order valence-electron chi connectivity index (χ0n) is 30.3. The molecule has 0 aliphatic rings. The Morgan fingerprint density at radius 1 is 0.365 bits per heavy atom. The van der Waals surface area contributed by atoms with E-state index in [4.69, 9.17) is 0 Å². The predicted octanol–water partition coefficient (Wildman–Crippen LogP) is 13.1. The molecule has 0 atom stereocenters. The molecule has 52 heavy (non-hydrogen) atoms. The quantitative estimate of drug-likeness (QED) is 0.165. The van der Waals surface area contributed by atoms with Crippen molar-refractivity contribution in [2.24, 2.45) is 0 Å². The van der Waals surface area contributed by atoms with Gasteiger partial charge in [0.05, 0.1) is 34.6 Å². The average molecular weight is 671 g/mol. The number of nitriles is 2. The van der Waals surface area contributed by atoms with Gasteiger partial charge in [-0.1, -0.05) is 36.4 Å². The third kappa shape index (κ3) is 5.47. The minimum absolute atomic E-state index is 0.634. The molecule has 0 amide bonds. The first-order chi connectivity index (χ1) is 25.1. The fourth-order valence-electron chi connectivity index (χ4n) is 8.05. The topological polar surface area (TPSA) is 54.1 Å². The van der Waals surface area contributed by atoms with Crippen molar-refractivity contribution in [2.75, 3.05) is 9.80 Å². The second-order valence-electron chi connectivity index (χ2n) is 14.2. The van der Waals surface area contributed by atoms with Crippen LogP contribution >= 0.6 is 0 Å². The van der Waals surface area contributed by atoms with Crippen LogP contribution in [0.2, 0.25) is 0 Å². The molecule has 0 saturated carbocycles. The Kier molecular flexibility index (Phi) is 7.90. The molecule has 0 aromatic heterocycles. The Labute approximate surface area is 305 Å². The maximum absolute atomic E-state index is 9.61. The number of anilines is 6. The second-order valence-corrected chi connectivity index (χ2v) is 14.2. The van der Waals surface area contributed by atoms with Crippen molar-refractivity contribution >= 4 is 66.4 Å². The minimum atomic E-state index is 0.634. The molecule has 0 aliphatic carbocycles. The molecular weight excluding hydrogens is 633 g/mol. The number of hydrogen-bond acceptors (Lipinski definition) is 4. The highest BCUT2D eigenvalue weighted by atomic mass is 15.1. The van der Waals surface area contributed by atoms with Gasteiger partial charge < -0.3 is 9.80 Å². The minimum Gasteiger partial charge on any atom is -0.310 e. The Balaban J connectivity index is 1.46. The predicted molar refractivity (Wildman–Crippen MR) is 217 cm³/mol. The Morgan fingerprint density at radius 2 is 0.692 bits per heavy atom. The molecule has 4 heteroatoms. The van der Waals surface area contributed by atoms with Crippen molar-refractivity contribution in [3.8, 4) is 12.1 Å². The van der Waals surface area contributed by atoms with Gasteiger partial charge in [0.1, 0.15) is 0 Å². The lowest BCUT2D eigenvalue weighted by Gasteiger charge is -2.31. The zero-order chi connectivity index (χ0) is 36.3. The van der Waals surface area contributed by atoms with E-state index in [1.807, 2.05) is 48.5 Å². The maximum atomic E-state index is 9.61. The summed E-state index contributed by atoms with van der Waals surface area (Å²) in [5.41, 5.74) is 14.8. The molecule has 8 aromatic rings. The van der Waals surface area contributed by atoms with E-state index in [9.17, 15) is 10.5 Å². The summed E-state index contributed by atoms with van der Waals surface area (Å²) in [5, 5.41) is 26.5. The first kappa shape index (κ1) is 32.6. The van der Waals surface area contributed by atoms with E-state index in [0.717, 1.165) is 44.9 Å². The standard InChI is InChI=1S/C48H38N4/c1-29-19-30(2)22-39(21-29)51(37-11-7-35(27-49)8-12-37)45-25-33(5)41-16-18-44-46(26-34(6)42-15-17-43(45)47(41)48(42)44)52(38-13-9-36(28-50)10-14-38)40-23-31(3)20-32(4)24-40/h7-26H,1-6H3. The van der Waals surface area contributed by atoms with Crippen LogP contribution in [0.25, 0.3) is 32.3 Å². The summed E-state index contributed by atoms with van der Waals surface area (Å²) in [6.07, 6.45) is 0. The van der Waals surface area contributed by atoms with Gasteiger partial charge in [-0.05, 0) is 181 Å². The molecule has 4 nitrogen and oxygen atoms in total. The first-order valence-corrected chi connectivity index (χ1v) is 17.6. The number of rotatable bonds is 6. The lowest BCUT2D eigenvalue weighted by molar-refractivity contribution is 1.25. The van der Waals surface area contributed by atoms with Gasteiger partial charge in [0.15, 0.2) is 0 Å². The fourth-order valence-corrected chi connectivity index (χ4v) is 8.05. The van der Waals surface area contributed by atoms with Gasteiger partial charge in [-0.15, -0.1) is 0 Å². The summed E-state index contributed by atoms with van der Waals surface area (Å²) in [7, 11) is 0. The molecule has 0 aliphatic heterocycles. The van der Waals surface area contributed by atoms with Gasteiger partial charge >= 0.3 is 0 Å². The van der Waals surface area contributed by atoms with Crippen molar-refractivity contribution < 1.29 is 0 Å². The summed E-state index contributed by atoms with van der Waals surface area (Å²) in [6, 6.07) is 47.4. The zero-order valence-corrected chi connectivity index (χ0v) is 30.3. The maximum Gasteiger partial charge on any atom is 0.0991 e. The monoisotopic (exact) mass is 670 g/mol. The lowest BCUT2D eigenvalue weighted by atomic mass is 9.88. The molecule has 0 unspecified atom stereocenters. The van der Waals surface area contributed by atoms with Crippen LogP contribution in [0.3, 0.4) is 0 Å². The van der Waals surface area contributed by atoms with Gasteiger partial charge in [0.25, 0.3) is 0 Å². The smallest absolute Gasteiger partial charge is 0.0991 e. The van der Waals surface area contributed by atoms with Crippen molar-refractivity contribution in [2.45, 2.75) is 41.5 Å². The third-order valence-corrected chi connectivity index (χ3v) is 10.2. The van der Waals surface area contributed by atoms with Crippen molar-refractivity contribution in [3.63, 3.8) is 0 Å². The fraction of sp³-hybridized carbons (Fsp3) is 0.125. The molecule has 250 valence electrons. The Morgan fingerprint density at radius 3 is 1.02 bits per heavy atom. The summed E-state index contributed by atoms with van der Waals surface area (Å²) in [6.45, 7) is 13.0. The molecule has 8 rings (SSSR count). The van der Waals surface area contributed by atoms with Gasteiger partial charge in [-0.2, -0.15) is 10.5 Å². The SMILES string of the molecule is Cc1cc(C)cc(N(c2ccc(C#N)cc2)c2cc(C)c3ccc4c(N(c5ccc(C#N)cc5)c5cc(C)cc(C)c5)cc(C)c5ccc2c3c54)c1. The van der Waals surface area contributed by atoms with Crippen molar-refractivity contribution in [3.05, 3.63) is 166 Å². The number of hydrogen-bond donors (Lipinski definition) is 0. The van der Waals surface area contributed by atoms with Crippen LogP contribution in [-0.2, 0) is 0 Å². The van der Waals surface area contributed by atoms with Crippen molar-refractivity contribution in [1.82, 2.24) is 0 Å². The van der Waals surface area contributed by atoms with Crippen LogP contribution in [0.1, 0.15) is 44.5 Å². The van der Waals surface area contributed by atoms with E-state index in [0.29, 0.717) is 11.1 Å². The summed E-state index contributed by atoms with van der Waals surface area (Å²) >= 11 is 0. The molecule has 8 aromatic carbocycles. The van der Waals surface area contributed by atoms with Crippen LogP contribution in [0.5, 0.6) is 0 Å². The Hall–Kier alpha value is -6.62. The largest absolute Gasteiger partial charge is 0.310 e. The molecule has 0 spiro atoms. The van der Waals surface area contributed by atoms with E-state index in [-0.39, 0.29) is 0 Å². The van der Waals surface area contributed by atoms with Gasteiger partial charge in [0, 0.05) is 33.5 Å². The van der Waals surface area contributed by atoms with E-state index in [1.54, 1.807) is 0 Å². The highest BCUT2D eigenvalue weighted by molar-refractivity contribution is 6.29. The van der Waals surface area contributed by atoms with Gasteiger partial charge in [0.2, 0.25) is 0 Å². The number of aryl methyl sites for hydroxylation is 6. The van der Waals surface area contributed by atoms with E-state index in [1.165, 1.54) is 54.9 Å². The van der Waals surface area contributed by atoms with Crippen LogP contribution in [-0.4, -0.2) is 0 Å². The van der Waals surface area contributed by atoms with Crippen LogP contribution < -0.4 is 9.80 Å². The molecule has 0 fully saturated rings. The van der Waals surface area contributed by atoms with Crippen molar-refractivity contribution in [1.29, 1.82) is 10.5 Å². The normalized spacial score (nSPS) is 11.2. The first-order valence-electron chi connectivity index (χ1n) is 17.6. The van der Waals surface area contributed by atoms with E-state index < -0.39 is 0 Å². The molecule has 0 radical (unpaired) electrons. The summed E-state index contributed by atoms with van der Waals surface area (Å²) in [5.74, 6) is 0. The second kappa shape index (κ2) is 12.6. The Bertz CT molecular complexity index is 2530. The molecule has 0 N–H and O–H groups in total. The lowest BCUT2D eigenvalue weighted by Crippen LogP contribution is -2.13. The van der Waals surface area contributed by atoms with Crippen LogP contribution in [0, 0.1) is 64.2 Å². The van der Waals surface area contributed by atoms with Gasteiger partial charge in [-0.25, -0.2) is 0 Å². The molecule has 0 saturated heterocycles. The highest BCUT2D eigenvalue weighted by Gasteiger charge is 2.24. The van der Waals surface area contributed by atoms with Crippen LogP contribution in [0.15, 0.2) is 121 Å². The van der Waals surface area contributed by atoms with Gasteiger partial charge in [-0.3, -0.25) is 0 Å². The number of nitrogens with zero attached hydrogens (tertiary/aromatic N) is 4. The molecule has 0 bridgehead atoms. The van der Waals surface area contributed by atoms with E-state index in [2.05, 4.69) is 136 Å². The van der Waals surface area contributed by atoms with Crippen LogP contribution in [0.4, 0.5) is 34.1 Å². The summed E-state index contributed by atoms with van der Waals surface area (Å²) < 4.78 is 0. The highest BCUT2D eigenvalue weighted by Crippen LogP contribution is 2.49. The van der Waals surface area contributed by atoms with E-state index >= 15 is 0 Å².